The Kier molecular flexibility index (Phi) is 6.10. The van der Waals surface area contributed by atoms with Gasteiger partial charge in [0.1, 0.15) is 17.4 Å². The molecule has 3 fully saturated rings. The number of amides is 3. The fourth-order valence-electron chi connectivity index (χ4n) is 4.21. The number of carbonyl (C=O) groups excluding carboxylic acids is 2. The van der Waals surface area contributed by atoms with E-state index in [1.54, 1.807) is 12.5 Å². The van der Waals surface area contributed by atoms with E-state index in [0.29, 0.717) is 25.4 Å². The van der Waals surface area contributed by atoms with Crippen LogP contribution in [0.2, 0.25) is 0 Å². The molecule has 29 heavy (non-hydrogen) atoms. The van der Waals surface area contributed by atoms with Gasteiger partial charge in [-0.1, -0.05) is 0 Å². The third-order valence-corrected chi connectivity index (χ3v) is 5.85. The largest absolute Gasteiger partial charge is 0.748 e. The quantitative estimate of drug-likeness (QED) is 0.394. The highest BCUT2D eigenvalue weighted by Crippen LogP contribution is 2.30. The molecule has 1 aromatic heterocycles. The van der Waals surface area contributed by atoms with Gasteiger partial charge in [0.2, 0.25) is 0 Å². The zero-order valence-corrected chi connectivity index (χ0v) is 16.5. The van der Waals surface area contributed by atoms with Crippen LogP contribution in [-0.4, -0.2) is 78.0 Å². The average molecular weight is 427 g/mol. The zero-order valence-electron chi connectivity index (χ0n) is 15.6. The molecule has 3 unspecified atom stereocenters. The number of urea groups is 1. The Bertz CT molecular complexity index is 763. The highest BCUT2D eigenvalue weighted by molar-refractivity contribution is 7.74. The van der Waals surface area contributed by atoms with Crippen molar-refractivity contribution in [2.24, 2.45) is 5.92 Å². The van der Waals surface area contributed by atoms with E-state index in [4.69, 9.17) is 4.84 Å². The smallest absolute Gasteiger partial charge is 0.346 e. The van der Waals surface area contributed by atoms with Crippen molar-refractivity contribution >= 4 is 23.3 Å². The van der Waals surface area contributed by atoms with Crippen LogP contribution >= 0.6 is 0 Å². The molecule has 0 saturated carbocycles. The summed E-state index contributed by atoms with van der Waals surface area (Å²) in [7, 11) is 0. The molecule has 3 amide bonds. The van der Waals surface area contributed by atoms with Crippen LogP contribution in [0.15, 0.2) is 18.7 Å². The van der Waals surface area contributed by atoms with Gasteiger partial charge in [-0.3, -0.25) is 9.63 Å². The second kappa shape index (κ2) is 8.75. The fourth-order valence-corrected chi connectivity index (χ4v) is 4.53. The van der Waals surface area contributed by atoms with Gasteiger partial charge in [0.25, 0.3) is 5.91 Å². The minimum Gasteiger partial charge on any atom is -0.748 e. The molecule has 3 aliphatic heterocycles. The van der Waals surface area contributed by atoms with Crippen LogP contribution in [0.3, 0.4) is 0 Å². The maximum atomic E-state index is 12.5. The summed E-state index contributed by atoms with van der Waals surface area (Å²) in [5.74, 6) is 0.0402. The SMILES string of the molecule is O=C(NOC[C@@H]1C[C@@H](Cn2ccnc2)CN1)C1CCC2CN1C(=O)N2OS(=O)[O-]. The summed E-state index contributed by atoms with van der Waals surface area (Å²) in [5, 5.41) is 4.19. The predicted molar refractivity (Wildman–Crippen MR) is 97.0 cm³/mol. The summed E-state index contributed by atoms with van der Waals surface area (Å²) in [6.45, 7) is 2.31. The van der Waals surface area contributed by atoms with Crippen molar-refractivity contribution in [2.75, 3.05) is 19.7 Å². The van der Waals surface area contributed by atoms with Gasteiger partial charge in [-0.25, -0.2) is 19.5 Å². The van der Waals surface area contributed by atoms with Gasteiger partial charge in [0, 0.05) is 38.1 Å². The third-order valence-electron chi connectivity index (χ3n) is 5.57. The Labute approximate surface area is 169 Å². The molecule has 5 atom stereocenters. The fraction of sp³-hybridized carbons (Fsp3) is 0.688. The minimum absolute atomic E-state index is 0.129. The van der Waals surface area contributed by atoms with Crippen molar-refractivity contribution < 1.29 is 27.5 Å². The minimum atomic E-state index is -2.84. The highest BCUT2D eigenvalue weighted by Gasteiger charge is 2.48. The zero-order chi connectivity index (χ0) is 20.4. The van der Waals surface area contributed by atoms with Crippen molar-refractivity contribution in [2.45, 2.75) is 43.9 Å². The first-order valence-corrected chi connectivity index (χ1v) is 10.5. The molecule has 13 heteroatoms. The van der Waals surface area contributed by atoms with Gasteiger partial charge in [-0.05, 0) is 25.2 Å². The van der Waals surface area contributed by atoms with Crippen LogP contribution in [0.1, 0.15) is 19.3 Å². The number of aromatic nitrogens is 2. The number of hydrogen-bond acceptors (Lipinski definition) is 8. The van der Waals surface area contributed by atoms with Gasteiger partial charge in [-0.2, -0.15) is 9.35 Å². The molecule has 160 valence electrons. The van der Waals surface area contributed by atoms with Crippen molar-refractivity contribution in [3.63, 3.8) is 0 Å². The lowest BCUT2D eigenvalue weighted by Crippen LogP contribution is -2.50. The van der Waals surface area contributed by atoms with E-state index in [1.807, 2.05) is 10.8 Å². The van der Waals surface area contributed by atoms with Gasteiger partial charge >= 0.3 is 6.03 Å². The molecular formula is C16H23N6O6S-. The van der Waals surface area contributed by atoms with Crippen molar-refractivity contribution in [1.29, 1.82) is 0 Å². The van der Waals surface area contributed by atoms with Gasteiger partial charge < -0.3 is 19.3 Å². The van der Waals surface area contributed by atoms with E-state index >= 15 is 0 Å². The molecular weight excluding hydrogens is 404 g/mol. The molecule has 0 spiro atoms. The van der Waals surface area contributed by atoms with Crippen LogP contribution < -0.4 is 10.8 Å². The lowest BCUT2D eigenvalue weighted by Gasteiger charge is -2.29. The van der Waals surface area contributed by atoms with Crippen LogP contribution in [0.4, 0.5) is 4.79 Å². The number of carbonyl (C=O) groups is 2. The second-order valence-electron chi connectivity index (χ2n) is 7.53. The maximum Gasteiger partial charge on any atom is 0.346 e. The summed E-state index contributed by atoms with van der Waals surface area (Å²) in [4.78, 5) is 35.5. The van der Waals surface area contributed by atoms with Crippen LogP contribution in [0, 0.1) is 5.92 Å². The van der Waals surface area contributed by atoms with E-state index in [2.05, 4.69) is 20.1 Å². The first-order chi connectivity index (χ1) is 14.0. The van der Waals surface area contributed by atoms with Gasteiger partial charge in [0.05, 0.1) is 19.0 Å². The number of hydroxylamine groups is 3. The summed E-state index contributed by atoms with van der Waals surface area (Å²) in [6.07, 6.45) is 7.27. The summed E-state index contributed by atoms with van der Waals surface area (Å²) >= 11 is -2.84. The molecule has 12 nitrogen and oxygen atoms in total. The Balaban J connectivity index is 1.20. The molecule has 3 saturated heterocycles. The van der Waals surface area contributed by atoms with E-state index in [1.165, 1.54) is 4.90 Å². The van der Waals surface area contributed by atoms with Crippen LogP contribution in [-0.2, 0) is 31.8 Å². The van der Waals surface area contributed by atoms with Crippen molar-refractivity contribution in [3.05, 3.63) is 18.7 Å². The number of hydrogen-bond donors (Lipinski definition) is 2. The molecule has 0 radical (unpaired) electrons. The molecule has 4 heterocycles. The lowest BCUT2D eigenvalue weighted by molar-refractivity contribution is -0.139. The Morgan fingerprint density at radius 3 is 3.07 bits per heavy atom. The first-order valence-electron chi connectivity index (χ1n) is 9.49. The van der Waals surface area contributed by atoms with E-state index < -0.39 is 29.3 Å². The monoisotopic (exact) mass is 427 g/mol. The highest BCUT2D eigenvalue weighted by atomic mass is 32.2. The Morgan fingerprint density at radius 2 is 2.31 bits per heavy atom. The first kappa shape index (κ1) is 20.2. The van der Waals surface area contributed by atoms with Crippen molar-refractivity contribution in [1.82, 2.24) is 30.3 Å². The van der Waals surface area contributed by atoms with Crippen molar-refractivity contribution in [3.8, 4) is 0 Å². The summed E-state index contributed by atoms with van der Waals surface area (Å²) in [6, 6.07) is -1.58. The molecule has 3 aliphatic rings. The molecule has 1 aromatic rings. The normalized spacial score (nSPS) is 30.0. The third kappa shape index (κ3) is 4.59. The van der Waals surface area contributed by atoms with Crippen LogP contribution in [0.5, 0.6) is 0 Å². The number of fused-ring (bicyclic) bond motifs is 2. The molecule has 0 aromatic carbocycles. The second-order valence-corrected chi connectivity index (χ2v) is 8.09. The average Bonchev–Trinajstić information content (AvgIpc) is 3.41. The topological polar surface area (TPSA) is 141 Å². The Morgan fingerprint density at radius 1 is 1.45 bits per heavy atom. The number of nitrogens with zero attached hydrogens (tertiary/aromatic N) is 4. The summed E-state index contributed by atoms with van der Waals surface area (Å²) < 4.78 is 28.1. The molecule has 2 N–H and O–H groups in total. The Hall–Kier alpha value is -2.06. The van der Waals surface area contributed by atoms with E-state index in [0.717, 1.165) is 24.6 Å². The number of rotatable bonds is 8. The maximum absolute atomic E-state index is 12.5. The van der Waals surface area contributed by atoms with Gasteiger partial charge in [0.15, 0.2) is 0 Å². The lowest BCUT2D eigenvalue weighted by atomic mass is 10.0. The van der Waals surface area contributed by atoms with E-state index in [9.17, 15) is 18.4 Å². The standard InChI is InChI=1S/C16H24N6O6S/c23-15(14-2-1-13-8-21(14)16(24)22(13)28-29(25)26)19-27-9-12-5-11(6-18-12)7-20-4-3-17-10-20/h3-4,10-14,18H,1-2,5-9H2,(H,19,23)(H,25,26)/p-1/t11-,12+,13?,14?/m1/s1. The molecule has 0 aliphatic carbocycles. The van der Waals surface area contributed by atoms with Crippen LogP contribution in [0.25, 0.3) is 0 Å². The molecule has 4 rings (SSSR count). The van der Waals surface area contributed by atoms with E-state index in [-0.39, 0.29) is 18.6 Å². The number of piperidine rings is 1. The number of nitrogens with one attached hydrogen (secondary N) is 2. The van der Waals surface area contributed by atoms with Gasteiger partial charge in [-0.15, -0.1) is 0 Å². The number of imidazole rings is 1. The summed E-state index contributed by atoms with van der Waals surface area (Å²) in [5.41, 5.74) is 2.43. The predicted octanol–water partition coefficient (Wildman–Crippen LogP) is -1.10. The molecule has 2 bridgehead atoms.